The molecule has 0 saturated heterocycles. The summed E-state index contributed by atoms with van der Waals surface area (Å²) >= 11 is 0. The van der Waals surface area contributed by atoms with Gasteiger partial charge in [0.05, 0.1) is 11.9 Å². The van der Waals surface area contributed by atoms with Crippen LogP contribution in [0.25, 0.3) is 0 Å². The Kier molecular flexibility index (Phi) is 1.94. The highest BCUT2D eigenvalue weighted by molar-refractivity contribution is 5.11. The van der Waals surface area contributed by atoms with E-state index in [1.807, 2.05) is 7.11 Å². The average molecular weight is 208 g/mol. The molecule has 2 nitrogen and oxygen atoms in total. The van der Waals surface area contributed by atoms with Crippen LogP contribution in [-0.2, 0) is 9.47 Å². The van der Waals surface area contributed by atoms with Gasteiger partial charge < -0.3 is 9.47 Å². The molecule has 4 rings (SSSR count). The van der Waals surface area contributed by atoms with Gasteiger partial charge in [0.15, 0.2) is 0 Å². The van der Waals surface area contributed by atoms with Crippen molar-refractivity contribution in [2.24, 2.45) is 11.8 Å². The van der Waals surface area contributed by atoms with Crippen molar-refractivity contribution < 1.29 is 9.47 Å². The third kappa shape index (κ3) is 1.34. The summed E-state index contributed by atoms with van der Waals surface area (Å²) in [5.74, 6) is 1.65. The van der Waals surface area contributed by atoms with E-state index in [1.165, 1.54) is 32.1 Å². The van der Waals surface area contributed by atoms with Crippen molar-refractivity contribution in [3.63, 3.8) is 0 Å². The van der Waals surface area contributed by atoms with Gasteiger partial charge in [0.25, 0.3) is 0 Å². The SMILES string of the molecule is C=COC12CC3CC(CC(OC)(C3)C1)C2. The molecular formula is C13H20O2. The number of ether oxygens (including phenoxy) is 2. The molecule has 0 aromatic carbocycles. The first-order valence-corrected chi connectivity index (χ1v) is 6.03. The third-order valence-corrected chi connectivity index (χ3v) is 4.72. The largest absolute Gasteiger partial charge is 0.495 e. The minimum absolute atomic E-state index is 0.0713. The summed E-state index contributed by atoms with van der Waals surface area (Å²) in [6.07, 6.45) is 9.06. The summed E-state index contributed by atoms with van der Waals surface area (Å²) < 4.78 is 11.7. The zero-order valence-electron chi connectivity index (χ0n) is 9.50. The van der Waals surface area contributed by atoms with Gasteiger partial charge in [0, 0.05) is 13.5 Å². The van der Waals surface area contributed by atoms with Crippen LogP contribution in [0.2, 0.25) is 0 Å². The monoisotopic (exact) mass is 208 g/mol. The Morgan fingerprint density at radius 2 is 1.73 bits per heavy atom. The lowest BCUT2D eigenvalue weighted by Gasteiger charge is -2.60. The summed E-state index contributed by atoms with van der Waals surface area (Å²) in [5.41, 5.74) is 0.203. The maximum absolute atomic E-state index is 5.85. The van der Waals surface area contributed by atoms with E-state index in [0.717, 1.165) is 18.3 Å². The van der Waals surface area contributed by atoms with Crippen molar-refractivity contribution >= 4 is 0 Å². The molecule has 0 spiro atoms. The maximum atomic E-state index is 5.85. The molecule has 84 valence electrons. The Morgan fingerprint density at radius 3 is 2.27 bits per heavy atom. The number of hydrogen-bond donors (Lipinski definition) is 0. The normalized spacial score (nSPS) is 51.8. The number of rotatable bonds is 3. The minimum Gasteiger partial charge on any atom is -0.495 e. The minimum atomic E-state index is 0.0713. The van der Waals surface area contributed by atoms with Gasteiger partial charge in [0.1, 0.15) is 5.60 Å². The standard InChI is InChI=1S/C13H20O2/c1-3-15-13-7-10-4-11(8-13)6-12(5-10,9-13)14-2/h3,10-11H,1,4-9H2,2H3. The second kappa shape index (κ2) is 3.00. The molecule has 4 saturated carbocycles. The van der Waals surface area contributed by atoms with Gasteiger partial charge in [-0.3, -0.25) is 0 Å². The van der Waals surface area contributed by atoms with Gasteiger partial charge in [-0.15, -0.1) is 0 Å². The van der Waals surface area contributed by atoms with Crippen LogP contribution in [0.1, 0.15) is 38.5 Å². The molecule has 0 aliphatic heterocycles. The van der Waals surface area contributed by atoms with Crippen LogP contribution in [0, 0.1) is 11.8 Å². The molecule has 4 bridgehead atoms. The summed E-state index contributed by atoms with van der Waals surface area (Å²) in [6.45, 7) is 3.72. The van der Waals surface area contributed by atoms with Gasteiger partial charge in [-0.2, -0.15) is 0 Å². The molecule has 2 atom stereocenters. The number of hydrogen-bond acceptors (Lipinski definition) is 2. The molecule has 0 heterocycles. The quantitative estimate of drug-likeness (QED) is 0.664. The summed E-state index contributed by atoms with van der Waals surface area (Å²) in [7, 11) is 1.87. The van der Waals surface area contributed by atoms with Crippen molar-refractivity contribution in [2.45, 2.75) is 49.7 Å². The van der Waals surface area contributed by atoms with Crippen LogP contribution in [0.3, 0.4) is 0 Å². The predicted octanol–water partition coefficient (Wildman–Crippen LogP) is 2.88. The van der Waals surface area contributed by atoms with Crippen molar-refractivity contribution in [3.8, 4) is 0 Å². The van der Waals surface area contributed by atoms with Crippen molar-refractivity contribution in [3.05, 3.63) is 12.8 Å². The molecule has 15 heavy (non-hydrogen) atoms. The third-order valence-electron chi connectivity index (χ3n) is 4.72. The zero-order valence-corrected chi connectivity index (χ0v) is 9.50. The predicted molar refractivity (Wildman–Crippen MR) is 58.4 cm³/mol. The van der Waals surface area contributed by atoms with Crippen molar-refractivity contribution in [2.75, 3.05) is 7.11 Å². The summed E-state index contributed by atoms with van der Waals surface area (Å²) in [4.78, 5) is 0. The van der Waals surface area contributed by atoms with Gasteiger partial charge in [-0.25, -0.2) is 0 Å². The highest BCUT2D eigenvalue weighted by Crippen LogP contribution is 2.59. The maximum Gasteiger partial charge on any atom is 0.111 e. The second-order valence-corrected chi connectivity index (χ2v) is 5.82. The molecule has 0 radical (unpaired) electrons. The highest BCUT2D eigenvalue weighted by Gasteiger charge is 2.59. The second-order valence-electron chi connectivity index (χ2n) is 5.82. The first kappa shape index (κ1) is 9.71. The smallest absolute Gasteiger partial charge is 0.111 e. The highest BCUT2D eigenvalue weighted by atomic mass is 16.5. The molecule has 4 aliphatic carbocycles. The molecule has 2 unspecified atom stereocenters. The van der Waals surface area contributed by atoms with E-state index in [1.54, 1.807) is 6.26 Å². The fraction of sp³-hybridized carbons (Fsp3) is 0.846. The lowest BCUT2D eigenvalue weighted by molar-refractivity contribution is -0.212. The summed E-state index contributed by atoms with van der Waals surface area (Å²) in [5, 5.41) is 0. The van der Waals surface area contributed by atoms with E-state index in [9.17, 15) is 0 Å². The van der Waals surface area contributed by atoms with E-state index < -0.39 is 0 Å². The number of methoxy groups -OCH3 is 1. The van der Waals surface area contributed by atoms with Crippen LogP contribution in [0.5, 0.6) is 0 Å². The van der Waals surface area contributed by atoms with Gasteiger partial charge in [-0.1, -0.05) is 6.58 Å². The Labute approximate surface area is 91.6 Å². The molecule has 0 N–H and O–H groups in total. The van der Waals surface area contributed by atoms with Crippen LogP contribution in [0.4, 0.5) is 0 Å². The van der Waals surface area contributed by atoms with Crippen LogP contribution < -0.4 is 0 Å². The molecule has 0 aromatic heterocycles. The Balaban J connectivity index is 1.91. The van der Waals surface area contributed by atoms with Gasteiger partial charge >= 0.3 is 0 Å². The summed E-state index contributed by atoms with van der Waals surface area (Å²) in [6, 6.07) is 0. The Hall–Kier alpha value is -0.500. The van der Waals surface area contributed by atoms with Crippen LogP contribution >= 0.6 is 0 Å². The topological polar surface area (TPSA) is 18.5 Å². The molecule has 0 aromatic rings. The van der Waals surface area contributed by atoms with Crippen LogP contribution in [0.15, 0.2) is 12.8 Å². The average Bonchev–Trinajstić information content (AvgIpc) is 2.15. The van der Waals surface area contributed by atoms with E-state index >= 15 is 0 Å². The molecule has 4 fully saturated rings. The fourth-order valence-corrected chi connectivity index (χ4v) is 4.65. The van der Waals surface area contributed by atoms with E-state index in [4.69, 9.17) is 9.47 Å². The molecule has 2 heteroatoms. The van der Waals surface area contributed by atoms with Crippen molar-refractivity contribution in [1.82, 2.24) is 0 Å². The van der Waals surface area contributed by atoms with Gasteiger partial charge in [-0.05, 0) is 43.9 Å². The molecular weight excluding hydrogens is 188 g/mol. The molecule has 0 amide bonds. The first-order chi connectivity index (χ1) is 7.19. The van der Waals surface area contributed by atoms with E-state index in [0.29, 0.717) is 0 Å². The van der Waals surface area contributed by atoms with Crippen LogP contribution in [-0.4, -0.2) is 18.3 Å². The lowest BCUT2D eigenvalue weighted by atomic mass is 9.52. The zero-order chi connectivity index (χ0) is 10.5. The van der Waals surface area contributed by atoms with Crippen molar-refractivity contribution in [1.29, 1.82) is 0 Å². The lowest BCUT2D eigenvalue weighted by Crippen LogP contribution is -2.60. The van der Waals surface area contributed by atoms with Gasteiger partial charge in [0.2, 0.25) is 0 Å². The fourth-order valence-electron chi connectivity index (χ4n) is 4.65. The Bertz CT molecular complexity index is 270. The van der Waals surface area contributed by atoms with E-state index in [2.05, 4.69) is 6.58 Å². The van der Waals surface area contributed by atoms with E-state index in [-0.39, 0.29) is 11.2 Å². The molecule has 4 aliphatic rings. The first-order valence-electron chi connectivity index (χ1n) is 6.03. The Morgan fingerprint density at radius 1 is 1.13 bits per heavy atom.